The molecule has 0 bridgehead atoms. The number of pyridine rings is 1. The van der Waals surface area contributed by atoms with E-state index in [1.165, 1.54) is 0 Å². The van der Waals surface area contributed by atoms with Crippen molar-refractivity contribution in [3.05, 3.63) is 35.8 Å². The van der Waals surface area contributed by atoms with Gasteiger partial charge in [0.25, 0.3) is 0 Å². The number of carbonyl (C=O) groups excluding carboxylic acids is 1. The molecule has 8 heteroatoms. The Bertz CT molecular complexity index is 954. The van der Waals surface area contributed by atoms with Crippen LogP contribution in [0.2, 0.25) is 0 Å². The van der Waals surface area contributed by atoms with Gasteiger partial charge in [0.1, 0.15) is 18.1 Å². The second kappa shape index (κ2) is 8.76. The average Bonchev–Trinajstić information content (AvgIpc) is 3.62. The fourth-order valence-corrected chi connectivity index (χ4v) is 4.00. The van der Waals surface area contributed by atoms with Gasteiger partial charge in [-0.3, -0.25) is 4.79 Å². The van der Waals surface area contributed by atoms with Crippen molar-refractivity contribution in [2.24, 2.45) is 0 Å². The lowest BCUT2D eigenvalue weighted by molar-refractivity contribution is -0.134. The zero-order valence-electron chi connectivity index (χ0n) is 17.3. The molecule has 1 atom stereocenters. The fourth-order valence-electron chi connectivity index (χ4n) is 4.00. The molecule has 1 saturated carbocycles. The standard InChI is InChI=1S/C22H25N6O2/c1-15-14-27(8-9-28(15)20(29)6-10-30-2)22-18(12-23)11-19(17-5-7-24-25-13-17)21(26-22)16-3-4-16/h5,11,13,15-16H,3-4,6,8-10,14H2,1-2H3/t15-/m1/s1. The molecule has 0 unspecified atom stereocenters. The molecule has 30 heavy (non-hydrogen) atoms. The maximum atomic E-state index is 12.4. The Kier molecular flexibility index (Phi) is 5.91. The molecule has 1 aliphatic carbocycles. The van der Waals surface area contributed by atoms with Crippen LogP contribution in [0.4, 0.5) is 5.82 Å². The highest BCUT2D eigenvalue weighted by Crippen LogP contribution is 2.44. The van der Waals surface area contributed by atoms with Gasteiger partial charge in [-0.05, 0) is 31.9 Å². The lowest BCUT2D eigenvalue weighted by atomic mass is 10.0. The van der Waals surface area contributed by atoms with Crippen LogP contribution in [0, 0.1) is 17.5 Å². The van der Waals surface area contributed by atoms with Crippen LogP contribution < -0.4 is 4.90 Å². The number of ether oxygens (including phenoxy) is 1. The Morgan fingerprint density at radius 2 is 2.23 bits per heavy atom. The molecule has 2 aromatic rings. The van der Waals surface area contributed by atoms with Crippen LogP contribution in [0.5, 0.6) is 0 Å². The van der Waals surface area contributed by atoms with Crippen LogP contribution >= 0.6 is 0 Å². The lowest BCUT2D eigenvalue weighted by Gasteiger charge is -2.41. The highest BCUT2D eigenvalue weighted by Gasteiger charge is 2.33. The molecule has 4 rings (SSSR count). The first-order chi connectivity index (χ1) is 14.6. The SMILES string of the molecule is COCCC(=O)N1CCN(c2nc(C3CC3)c(-c3c[c]nnc3)cc2C#N)C[C@H]1C. The number of rotatable bonds is 6. The van der Waals surface area contributed by atoms with Crippen molar-refractivity contribution in [1.29, 1.82) is 5.26 Å². The summed E-state index contributed by atoms with van der Waals surface area (Å²) in [4.78, 5) is 21.4. The highest BCUT2D eigenvalue weighted by atomic mass is 16.5. The quantitative estimate of drug-likeness (QED) is 0.727. The number of nitriles is 1. The fraction of sp³-hybridized carbons (Fsp3) is 0.500. The number of carbonyl (C=O) groups is 1. The van der Waals surface area contributed by atoms with Gasteiger partial charge in [-0.2, -0.15) is 10.4 Å². The van der Waals surface area contributed by atoms with Crippen molar-refractivity contribution < 1.29 is 9.53 Å². The van der Waals surface area contributed by atoms with Crippen LogP contribution in [0.1, 0.15) is 43.4 Å². The minimum atomic E-state index is 0.0412. The number of amides is 1. The van der Waals surface area contributed by atoms with E-state index in [-0.39, 0.29) is 11.9 Å². The second-order valence-electron chi connectivity index (χ2n) is 7.88. The molecule has 2 fully saturated rings. The van der Waals surface area contributed by atoms with Crippen molar-refractivity contribution in [1.82, 2.24) is 20.1 Å². The summed E-state index contributed by atoms with van der Waals surface area (Å²) in [7, 11) is 1.60. The third kappa shape index (κ3) is 4.12. The molecule has 0 spiro atoms. The summed E-state index contributed by atoms with van der Waals surface area (Å²) in [5, 5.41) is 17.5. The Labute approximate surface area is 176 Å². The number of hydrogen-bond acceptors (Lipinski definition) is 7. The van der Waals surface area contributed by atoms with Gasteiger partial charge in [0, 0.05) is 49.8 Å². The van der Waals surface area contributed by atoms with Gasteiger partial charge in [-0.25, -0.2) is 4.98 Å². The van der Waals surface area contributed by atoms with Gasteiger partial charge in [-0.1, -0.05) is 0 Å². The molecule has 2 aliphatic rings. The van der Waals surface area contributed by atoms with Crippen LogP contribution in [-0.2, 0) is 9.53 Å². The summed E-state index contributed by atoms with van der Waals surface area (Å²) < 4.78 is 5.03. The zero-order valence-corrected chi connectivity index (χ0v) is 17.3. The van der Waals surface area contributed by atoms with Gasteiger partial charge in [0.05, 0.1) is 30.5 Å². The van der Waals surface area contributed by atoms with E-state index in [0.29, 0.717) is 50.0 Å². The number of anilines is 1. The number of aromatic nitrogens is 3. The summed E-state index contributed by atoms with van der Waals surface area (Å²) in [6.45, 7) is 4.38. The molecule has 1 aliphatic heterocycles. The molecular formula is C22H25N6O2. The minimum absolute atomic E-state index is 0.0412. The molecule has 3 heterocycles. The average molecular weight is 405 g/mol. The summed E-state index contributed by atoms with van der Waals surface area (Å²) in [6, 6.07) is 6.06. The minimum Gasteiger partial charge on any atom is -0.384 e. The lowest BCUT2D eigenvalue weighted by Crippen LogP contribution is -2.54. The summed E-state index contributed by atoms with van der Waals surface area (Å²) in [5.41, 5.74) is 3.36. The van der Waals surface area contributed by atoms with Crippen LogP contribution in [0.15, 0.2) is 18.3 Å². The van der Waals surface area contributed by atoms with Gasteiger partial charge in [0.15, 0.2) is 0 Å². The summed E-state index contributed by atoms with van der Waals surface area (Å²) in [6.07, 6.45) is 7.05. The molecule has 0 aromatic carbocycles. The Balaban J connectivity index is 1.61. The second-order valence-corrected chi connectivity index (χ2v) is 7.88. The molecule has 0 N–H and O–H groups in total. The van der Waals surface area contributed by atoms with Crippen molar-refractivity contribution in [2.75, 3.05) is 38.3 Å². The maximum absolute atomic E-state index is 12.4. The summed E-state index contributed by atoms with van der Waals surface area (Å²) >= 11 is 0. The topological polar surface area (TPSA) is 95.2 Å². The van der Waals surface area contributed by atoms with Crippen molar-refractivity contribution >= 4 is 11.7 Å². The first-order valence-corrected chi connectivity index (χ1v) is 10.3. The van der Waals surface area contributed by atoms with E-state index in [0.717, 1.165) is 29.7 Å². The Morgan fingerprint density at radius 1 is 1.40 bits per heavy atom. The first-order valence-electron chi connectivity index (χ1n) is 10.3. The highest BCUT2D eigenvalue weighted by molar-refractivity contribution is 5.77. The van der Waals surface area contributed by atoms with Gasteiger partial charge in [-0.15, -0.1) is 5.10 Å². The predicted molar refractivity (Wildman–Crippen MR) is 111 cm³/mol. The molecule has 155 valence electrons. The number of methoxy groups -OCH3 is 1. The molecule has 1 saturated heterocycles. The predicted octanol–water partition coefficient (Wildman–Crippen LogP) is 2.16. The molecule has 1 radical (unpaired) electrons. The normalized spacial score (nSPS) is 18.9. The number of nitrogens with zero attached hydrogens (tertiary/aromatic N) is 6. The zero-order chi connectivity index (χ0) is 21.1. The maximum Gasteiger partial charge on any atom is 0.225 e. The van der Waals surface area contributed by atoms with E-state index in [1.54, 1.807) is 19.4 Å². The largest absolute Gasteiger partial charge is 0.384 e. The smallest absolute Gasteiger partial charge is 0.225 e. The first kappa shape index (κ1) is 20.2. The Hall–Kier alpha value is -3.05. The van der Waals surface area contributed by atoms with E-state index in [4.69, 9.17) is 9.72 Å². The van der Waals surface area contributed by atoms with Crippen molar-refractivity contribution in [3.8, 4) is 17.2 Å². The van der Waals surface area contributed by atoms with E-state index >= 15 is 0 Å². The van der Waals surface area contributed by atoms with Gasteiger partial charge >= 0.3 is 0 Å². The van der Waals surface area contributed by atoms with Crippen LogP contribution in [-0.4, -0.2) is 65.4 Å². The number of piperazine rings is 1. The molecular weight excluding hydrogens is 380 g/mol. The van der Waals surface area contributed by atoms with E-state index in [1.807, 2.05) is 17.9 Å². The number of hydrogen-bond donors (Lipinski definition) is 0. The summed E-state index contributed by atoms with van der Waals surface area (Å²) in [5.74, 6) is 1.23. The van der Waals surface area contributed by atoms with Gasteiger partial charge in [0.2, 0.25) is 5.91 Å². The van der Waals surface area contributed by atoms with Crippen LogP contribution in [0.25, 0.3) is 11.1 Å². The molecule has 8 nitrogen and oxygen atoms in total. The van der Waals surface area contributed by atoms with Crippen molar-refractivity contribution in [3.63, 3.8) is 0 Å². The van der Waals surface area contributed by atoms with E-state index in [9.17, 15) is 10.1 Å². The van der Waals surface area contributed by atoms with Gasteiger partial charge < -0.3 is 14.5 Å². The third-order valence-corrected chi connectivity index (χ3v) is 5.73. The Morgan fingerprint density at radius 3 is 2.87 bits per heavy atom. The van der Waals surface area contributed by atoms with Crippen LogP contribution in [0.3, 0.4) is 0 Å². The van der Waals surface area contributed by atoms with Crippen molar-refractivity contribution in [2.45, 2.75) is 38.1 Å². The van der Waals surface area contributed by atoms with E-state index in [2.05, 4.69) is 27.4 Å². The molecule has 1 amide bonds. The molecule has 2 aromatic heterocycles. The monoisotopic (exact) mass is 405 g/mol. The van der Waals surface area contributed by atoms with E-state index < -0.39 is 0 Å². The third-order valence-electron chi connectivity index (χ3n) is 5.73.